The minimum absolute atomic E-state index is 0.0132. The summed E-state index contributed by atoms with van der Waals surface area (Å²) in [4.78, 5) is 27.0. The second kappa shape index (κ2) is 5.95. The van der Waals surface area contributed by atoms with Gasteiger partial charge in [-0.1, -0.05) is 0 Å². The van der Waals surface area contributed by atoms with Crippen LogP contribution in [0.5, 0.6) is 5.75 Å². The third-order valence-corrected chi connectivity index (χ3v) is 2.58. The fourth-order valence-corrected chi connectivity index (χ4v) is 1.66. The second-order valence-electron chi connectivity index (χ2n) is 3.91. The molecule has 1 aromatic heterocycles. The van der Waals surface area contributed by atoms with Crippen LogP contribution in [-0.4, -0.2) is 21.9 Å². The summed E-state index contributed by atoms with van der Waals surface area (Å²) in [6.45, 7) is 2.47. The van der Waals surface area contributed by atoms with Crippen LogP contribution in [0.1, 0.15) is 17.3 Å². The molecular weight excluding hydrogens is 244 g/mol. The number of aromatic nitrogens is 2. The molecule has 0 saturated heterocycles. The van der Waals surface area contributed by atoms with E-state index in [4.69, 9.17) is 4.74 Å². The number of benzene rings is 1. The van der Waals surface area contributed by atoms with Crippen LogP contribution in [0.2, 0.25) is 0 Å². The minimum Gasteiger partial charge on any atom is -0.494 e. The van der Waals surface area contributed by atoms with Crippen molar-refractivity contribution in [3.05, 3.63) is 58.8 Å². The number of rotatable bonds is 5. The molecule has 1 aromatic carbocycles. The lowest BCUT2D eigenvalue weighted by Gasteiger charge is -2.05. The summed E-state index contributed by atoms with van der Waals surface area (Å²) in [6, 6.07) is 8.47. The molecule has 0 unspecified atom stereocenters. The predicted octanol–water partition coefficient (Wildman–Crippen LogP) is 1.52. The van der Waals surface area contributed by atoms with Crippen molar-refractivity contribution in [3.8, 4) is 5.75 Å². The number of Topliss-reactive ketones (excluding diaryl/α,β-unsaturated/α-hetero) is 1. The Morgan fingerprint density at radius 1 is 1.32 bits per heavy atom. The van der Waals surface area contributed by atoms with E-state index in [0.29, 0.717) is 12.2 Å². The van der Waals surface area contributed by atoms with Crippen molar-refractivity contribution in [1.29, 1.82) is 0 Å². The van der Waals surface area contributed by atoms with Crippen molar-refractivity contribution in [2.75, 3.05) is 6.61 Å². The number of ether oxygens (including phenoxy) is 1. The van der Waals surface area contributed by atoms with E-state index < -0.39 is 5.69 Å². The smallest absolute Gasteiger partial charge is 0.347 e. The summed E-state index contributed by atoms with van der Waals surface area (Å²) in [5.41, 5.74) is 0.112. The highest BCUT2D eigenvalue weighted by atomic mass is 16.5. The molecule has 0 saturated carbocycles. The van der Waals surface area contributed by atoms with Crippen molar-refractivity contribution < 1.29 is 9.53 Å². The van der Waals surface area contributed by atoms with Crippen molar-refractivity contribution in [1.82, 2.24) is 9.55 Å². The van der Waals surface area contributed by atoms with Gasteiger partial charge in [0.1, 0.15) is 5.75 Å². The first-order chi connectivity index (χ1) is 9.20. The van der Waals surface area contributed by atoms with E-state index in [0.717, 1.165) is 5.75 Å². The Hall–Kier alpha value is -2.43. The second-order valence-corrected chi connectivity index (χ2v) is 3.91. The first-order valence-corrected chi connectivity index (χ1v) is 5.98. The SMILES string of the molecule is CCOc1ccc(C(=O)Cn2cccnc2=O)cc1. The van der Waals surface area contributed by atoms with E-state index in [-0.39, 0.29) is 12.3 Å². The first-order valence-electron chi connectivity index (χ1n) is 5.98. The van der Waals surface area contributed by atoms with Crippen LogP contribution in [0, 0.1) is 0 Å². The fourth-order valence-electron chi connectivity index (χ4n) is 1.66. The number of carbonyl (C=O) groups excluding carboxylic acids is 1. The van der Waals surface area contributed by atoms with Crippen LogP contribution in [0.4, 0.5) is 0 Å². The Morgan fingerprint density at radius 2 is 2.05 bits per heavy atom. The summed E-state index contributed by atoms with van der Waals surface area (Å²) in [7, 11) is 0. The van der Waals surface area contributed by atoms with Crippen molar-refractivity contribution in [3.63, 3.8) is 0 Å². The number of carbonyl (C=O) groups is 1. The van der Waals surface area contributed by atoms with E-state index >= 15 is 0 Å². The first kappa shape index (κ1) is 13.0. The zero-order valence-corrected chi connectivity index (χ0v) is 10.6. The highest BCUT2D eigenvalue weighted by Crippen LogP contribution is 2.12. The normalized spacial score (nSPS) is 10.2. The van der Waals surface area contributed by atoms with Crippen molar-refractivity contribution >= 4 is 5.78 Å². The summed E-state index contributed by atoms with van der Waals surface area (Å²) in [5, 5.41) is 0. The van der Waals surface area contributed by atoms with Gasteiger partial charge in [0.05, 0.1) is 13.2 Å². The van der Waals surface area contributed by atoms with Crippen LogP contribution in [0.25, 0.3) is 0 Å². The molecule has 0 bridgehead atoms. The van der Waals surface area contributed by atoms with Crippen molar-refractivity contribution in [2.24, 2.45) is 0 Å². The Balaban J connectivity index is 2.12. The van der Waals surface area contributed by atoms with Crippen LogP contribution >= 0.6 is 0 Å². The maximum Gasteiger partial charge on any atom is 0.347 e. The van der Waals surface area contributed by atoms with Gasteiger partial charge >= 0.3 is 5.69 Å². The van der Waals surface area contributed by atoms with E-state index in [1.54, 1.807) is 36.5 Å². The number of nitrogens with zero attached hydrogens (tertiary/aromatic N) is 2. The Kier molecular flexibility index (Phi) is 4.07. The van der Waals surface area contributed by atoms with E-state index in [2.05, 4.69) is 4.98 Å². The summed E-state index contributed by atoms with van der Waals surface area (Å²) >= 11 is 0. The van der Waals surface area contributed by atoms with Gasteiger partial charge in [-0.3, -0.25) is 9.36 Å². The third kappa shape index (κ3) is 3.28. The predicted molar refractivity (Wildman–Crippen MR) is 70.4 cm³/mol. The highest BCUT2D eigenvalue weighted by molar-refractivity contribution is 5.95. The standard InChI is InChI=1S/C14H14N2O3/c1-2-19-12-6-4-11(5-7-12)13(17)10-16-9-3-8-15-14(16)18/h3-9H,2,10H2,1H3. The van der Waals surface area contributed by atoms with Gasteiger partial charge in [0.25, 0.3) is 0 Å². The third-order valence-electron chi connectivity index (χ3n) is 2.58. The van der Waals surface area contributed by atoms with Gasteiger partial charge in [0.2, 0.25) is 0 Å². The lowest BCUT2D eigenvalue weighted by atomic mass is 10.1. The van der Waals surface area contributed by atoms with Gasteiger partial charge in [-0.05, 0) is 37.3 Å². The summed E-state index contributed by atoms with van der Waals surface area (Å²) in [5.74, 6) is 0.579. The lowest BCUT2D eigenvalue weighted by molar-refractivity contribution is 0.0970. The molecule has 5 heteroatoms. The van der Waals surface area contributed by atoms with Gasteiger partial charge in [0, 0.05) is 18.0 Å². The van der Waals surface area contributed by atoms with E-state index in [9.17, 15) is 9.59 Å². The number of hydrogen-bond acceptors (Lipinski definition) is 4. The quantitative estimate of drug-likeness (QED) is 0.763. The Bertz CT molecular complexity index is 617. The molecule has 19 heavy (non-hydrogen) atoms. The maximum absolute atomic E-state index is 12.0. The summed E-state index contributed by atoms with van der Waals surface area (Å²) < 4.78 is 6.58. The molecule has 5 nitrogen and oxygen atoms in total. The zero-order chi connectivity index (χ0) is 13.7. The van der Waals surface area contributed by atoms with E-state index in [1.807, 2.05) is 6.92 Å². The minimum atomic E-state index is -0.429. The molecule has 2 rings (SSSR count). The molecule has 0 radical (unpaired) electrons. The zero-order valence-electron chi connectivity index (χ0n) is 10.6. The molecule has 0 aliphatic heterocycles. The largest absolute Gasteiger partial charge is 0.494 e. The maximum atomic E-state index is 12.0. The van der Waals surface area contributed by atoms with Crippen LogP contribution < -0.4 is 10.4 Å². The summed E-state index contributed by atoms with van der Waals surface area (Å²) in [6.07, 6.45) is 2.95. The van der Waals surface area contributed by atoms with Gasteiger partial charge in [-0.15, -0.1) is 0 Å². The molecule has 0 aliphatic carbocycles. The van der Waals surface area contributed by atoms with Gasteiger partial charge in [0.15, 0.2) is 5.78 Å². The molecule has 0 amide bonds. The number of ketones is 1. The average molecular weight is 258 g/mol. The number of hydrogen-bond donors (Lipinski definition) is 0. The van der Waals surface area contributed by atoms with Gasteiger partial charge < -0.3 is 4.74 Å². The van der Waals surface area contributed by atoms with Crippen LogP contribution in [0.15, 0.2) is 47.5 Å². The van der Waals surface area contributed by atoms with Crippen molar-refractivity contribution in [2.45, 2.75) is 13.5 Å². The van der Waals surface area contributed by atoms with Gasteiger partial charge in [-0.25, -0.2) is 9.78 Å². The molecule has 0 atom stereocenters. The van der Waals surface area contributed by atoms with Crippen LogP contribution in [-0.2, 0) is 6.54 Å². The van der Waals surface area contributed by atoms with Crippen LogP contribution in [0.3, 0.4) is 0 Å². The lowest BCUT2D eigenvalue weighted by Crippen LogP contribution is -2.25. The topological polar surface area (TPSA) is 61.2 Å². The molecule has 1 heterocycles. The fraction of sp³-hybridized carbons (Fsp3) is 0.214. The monoisotopic (exact) mass is 258 g/mol. The van der Waals surface area contributed by atoms with Gasteiger partial charge in [-0.2, -0.15) is 0 Å². The molecular formula is C14H14N2O3. The Labute approximate surface area is 110 Å². The highest BCUT2D eigenvalue weighted by Gasteiger charge is 2.08. The molecule has 98 valence electrons. The average Bonchev–Trinajstić information content (AvgIpc) is 2.42. The molecule has 0 aliphatic rings. The molecule has 2 aromatic rings. The molecule has 0 spiro atoms. The molecule has 0 fully saturated rings. The molecule has 0 N–H and O–H groups in total. The Morgan fingerprint density at radius 3 is 2.68 bits per heavy atom. The van der Waals surface area contributed by atoms with E-state index in [1.165, 1.54) is 10.8 Å².